The maximum atomic E-state index is 15.2. The Hall–Kier alpha value is -2.16. The zero-order valence-corrected chi connectivity index (χ0v) is 45.2. The van der Waals surface area contributed by atoms with E-state index in [1.807, 2.05) is 6.92 Å². The maximum absolute atomic E-state index is 15.2. The van der Waals surface area contributed by atoms with E-state index < -0.39 is 206 Å². The van der Waals surface area contributed by atoms with Gasteiger partial charge >= 0.3 is 11.9 Å². The Labute approximate surface area is 451 Å². The Bertz CT molecular complexity index is 2220. The lowest BCUT2D eigenvalue weighted by molar-refractivity contribution is -0.350. The molecule has 0 bridgehead atoms. The van der Waals surface area contributed by atoms with Crippen LogP contribution in [0.25, 0.3) is 0 Å². The average molecular weight is 1120 g/mol. The molecule has 9 aliphatic rings. The first-order chi connectivity index (χ1) is 36.5. The molecule has 0 aromatic carbocycles. The van der Waals surface area contributed by atoms with Crippen molar-refractivity contribution in [3.8, 4) is 0 Å². The van der Waals surface area contributed by atoms with Gasteiger partial charge in [-0.2, -0.15) is 0 Å². The summed E-state index contributed by atoms with van der Waals surface area (Å²) < 4.78 is 51.8. The molecule has 0 radical (unpaired) electrons. The summed E-state index contributed by atoms with van der Waals surface area (Å²) in [5, 5.41) is 154. The SMILES string of the molecule is COC(=O)[C@]1(CO)[C@H](O[C@@H]2O[C@H](CO)[C@@H](O)[C@@H](O)[C@H]2O)[C@H](O)C[C@]2(C)[C@H]1CC[C@]1(C)[C@H]2CC=C2[C@H]3CC(C)(C)CC[C@]3(C(=O)O[C@@H]3O[C@@H](C)[C@H](O[C@H]4OC[C@@H](O)[C@@H](O[C@H]5OC[C@](O)(CO)[C@@H]5O)[C@@H]4O)[C@@H](O)[C@H]3O)[C@@H](O)C[C@@]21C. The number of hydrogen-bond acceptors (Lipinski definition) is 25. The van der Waals surface area contributed by atoms with Gasteiger partial charge in [0.1, 0.15) is 89.7 Å². The van der Waals surface area contributed by atoms with Crippen molar-refractivity contribution in [1.82, 2.24) is 0 Å². The zero-order valence-electron chi connectivity index (χ0n) is 45.2. The summed E-state index contributed by atoms with van der Waals surface area (Å²) in [7, 11) is 1.15. The summed E-state index contributed by atoms with van der Waals surface area (Å²) in [4.78, 5) is 29.5. The van der Waals surface area contributed by atoms with Gasteiger partial charge in [0.2, 0.25) is 6.29 Å². The van der Waals surface area contributed by atoms with Crippen molar-refractivity contribution in [2.75, 3.05) is 40.1 Å². The molecule has 25 nitrogen and oxygen atoms in total. The normalized spacial score (nSPS) is 53.9. The zero-order chi connectivity index (χ0) is 57.2. The van der Waals surface area contributed by atoms with Gasteiger partial charge in [-0.3, -0.25) is 9.59 Å². The number of rotatable bonds is 12. The molecule has 0 aromatic rings. The topological polar surface area (TPSA) is 400 Å². The number of esters is 2. The number of allylic oxidation sites excluding steroid dienone is 2. The largest absolute Gasteiger partial charge is 0.468 e. The predicted molar refractivity (Wildman–Crippen MR) is 260 cm³/mol. The van der Waals surface area contributed by atoms with Crippen LogP contribution in [0.2, 0.25) is 0 Å². The van der Waals surface area contributed by atoms with Gasteiger partial charge in [0.15, 0.2) is 18.9 Å². The number of ether oxygens (including phenoxy) is 9. The Kier molecular flexibility index (Phi) is 16.6. The van der Waals surface area contributed by atoms with Gasteiger partial charge < -0.3 is 114 Å². The van der Waals surface area contributed by atoms with Gasteiger partial charge in [-0.1, -0.05) is 46.3 Å². The summed E-state index contributed by atoms with van der Waals surface area (Å²) in [6.07, 6.45) is -26.2. The molecule has 78 heavy (non-hydrogen) atoms. The second-order valence-corrected chi connectivity index (χ2v) is 25.6. The highest BCUT2D eigenvalue weighted by Crippen LogP contribution is 2.76. The van der Waals surface area contributed by atoms with E-state index in [9.17, 15) is 76.3 Å². The van der Waals surface area contributed by atoms with Gasteiger partial charge in [-0.05, 0) is 97.7 Å². The van der Waals surface area contributed by atoms with Crippen molar-refractivity contribution in [3.05, 3.63) is 11.6 Å². The lowest BCUT2D eigenvalue weighted by Crippen LogP contribution is -2.72. The lowest BCUT2D eigenvalue weighted by Gasteiger charge is -2.72. The van der Waals surface area contributed by atoms with Crippen molar-refractivity contribution >= 4 is 11.9 Å². The fourth-order valence-electron chi connectivity index (χ4n) is 16.3. The molecule has 9 rings (SSSR count). The molecule has 0 aromatic heterocycles. The van der Waals surface area contributed by atoms with Crippen molar-refractivity contribution in [2.24, 2.45) is 50.2 Å². The predicted octanol–water partition coefficient (Wildman–Crippen LogP) is -3.66. The minimum Gasteiger partial charge on any atom is -0.468 e. The van der Waals surface area contributed by atoms with E-state index >= 15 is 4.79 Å². The van der Waals surface area contributed by atoms with E-state index in [-0.39, 0.29) is 37.0 Å². The van der Waals surface area contributed by atoms with Crippen LogP contribution in [0.15, 0.2) is 11.6 Å². The minimum absolute atomic E-state index is 0.0262. The van der Waals surface area contributed by atoms with E-state index in [1.54, 1.807) is 0 Å². The minimum atomic E-state index is -2.06. The van der Waals surface area contributed by atoms with Crippen LogP contribution >= 0.6 is 0 Å². The molecule has 4 heterocycles. The highest BCUT2D eigenvalue weighted by molar-refractivity contribution is 5.80. The molecule has 28 atom stereocenters. The third-order valence-corrected chi connectivity index (χ3v) is 21.0. The number of aliphatic hydroxyl groups is 14. The molecule has 14 N–H and O–H groups in total. The summed E-state index contributed by atoms with van der Waals surface area (Å²) in [5.74, 6) is -3.38. The highest BCUT2D eigenvalue weighted by atomic mass is 16.8. The maximum Gasteiger partial charge on any atom is 0.317 e. The van der Waals surface area contributed by atoms with Gasteiger partial charge in [0, 0.05) is 0 Å². The lowest BCUT2D eigenvalue weighted by atomic mass is 9.33. The van der Waals surface area contributed by atoms with E-state index in [2.05, 4.69) is 33.8 Å². The number of methoxy groups -OCH3 is 1. The number of carbonyl (C=O) groups excluding carboxylic acids is 2. The Morgan fingerprint density at radius 1 is 0.679 bits per heavy atom. The van der Waals surface area contributed by atoms with Crippen molar-refractivity contribution in [2.45, 2.75) is 215 Å². The van der Waals surface area contributed by atoms with Gasteiger partial charge in [-0.25, -0.2) is 0 Å². The molecular formula is C53H84O25. The Morgan fingerprint density at radius 3 is 2.00 bits per heavy atom. The fraction of sp³-hybridized carbons (Fsp3) is 0.925. The van der Waals surface area contributed by atoms with Crippen LogP contribution in [0.5, 0.6) is 0 Å². The quantitative estimate of drug-likeness (QED) is 0.0509. The van der Waals surface area contributed by atoms with Crippen LogP contribution in [0, 0.1) is 50.2 Å². The summed E-state index contributed by atoms with van der Waals surface area (Å²) in [6.45, 7) is 8.38. The summed E-state index contributed by atoms with van der Waals surface area (Å²) >= 11 is 0. The van der Waals surface area contributed by atoms with Gasteiger partial charge in [0.25, 0.3) is 0 Å². The molecule has 4 saturated heterocycles. The highest BCUT2D eigenvalue weighted by Gasteiger charge is 2.75. The van der Waals surface area contributed by atoms with Crippen LogP contribution < -0.4 is 0 Å². The first-order valence-electron chi connectivity index (χ1n) is 27.4. The standard InChI is InChI=1S/C53H84O25/c1-22-37(75-41-36(65)38(26(58)18-71-41)76-44-39(66)51(69,19-55)21-72-44)33(62)35(64)42(73-22)78-46(68)52-13-12-47(2,3)14-24(52)23-8-9-28-48(4)15-25(57)40(77-43-34(63)32(61)31(60)27(17-54)74-43)53(20-56,45(67)70-7)29(48)10-11-49(28,5)50(23,6)16-30(52)59/h8,22,24-44,54-66,69H,9-21H2,1-7H3/t22-,24+,25+,26+,27+,28-,29+,30-,31+,32+,33-,34+,35+,36-,37-,38+,39+,40+,41+,42-,43-,44+,48-,49+,50-,51+,52+,53-/m0/s1. The van der Waals surface area contributed by atoms with E-state index in [0.29, 0.717) is 25.7 Å². The monoisotopic (exact) mass is 1120 g/mol. The van der Waals surface area contributed by atoms with Crippen molar-refractivity contribution in [1.29, 1.82) is 0 Å². The summed E-state index contributed by atoms with van der Waals surface area (Å²) in [5.41, 5.74) is -7.40. The smallest absolute Gasteiger partial charge is 0.317 e. The van der Waals surface area contributed by atoms with Crippen molar-refractivity contribution < 1.29 is 124 Å². The van der Waals surface area contributed by atoms with Gasteiger partial charge in [-0.15, -0.1) is 0 Å². The van der Waals surface area contributed by atoms with E-state index in [0.717, 1.165) is 12.7 Å². The van der Waals surface area contributed by atoms with Crippen LogP contribution in [-0.2, 0) is 52.2 Å². The molecule has 0 amide bonds. The summed E-state index contributed by atoms with van der Waals surface area (Å²) in [6, 6.07) is 0. The molecular weight excluding hydrogens is 1040 g/mol. The average Bonchev–Trinajstić information content (AvgIpc) is 3.75. The number of aliphatic hydroxyl groups excluding tert-OH is 13. The fourth-order valence-corrected chi connectivity index (χ4v) is 16.3. The van der Waals surface area contributed by atoms with Crippen LogP contribution in [-0.4, -0.2) is 246 Å². The number of fused-ring (bicyclic) bond motifs is 7. The molecule has 0 unspecified atom stereocenters. The second kappa shape index (κ2) is 21.5. The first kappa shape index (κ1) is 60.4. The second-order valence-electron chi connectivity index (χ2n) is 25.6. The third kappa shape index (κ3) is 9.16. The van der Waals surface area contributed by atoms with Crippen LogP contribution in [0.3, 0.4) is 0 Å². The Morgan fingerprint density at radius 2 is 1.36 bits per heavy atom. The van der Waals surface area contributed by atoms with Crippen LogP contribution in [0.4, 0.5) is 0 Å². The van der Waals surface area contributed by atoms with E-state index in [1.165, 1.54) is 6.92 Å². The molecule has 5 aliphatic carbocycles. The van der Waals surface area contributed by atoms with Crippen molar-refractivity contribution in [3.63, 3.8) is 0 Å². The van der Waals surface area contributed by atoms with E-state index in [4.69, 9.17) is 42.6 Å². The van der Waals surface area contributed by atoms with Crippen LogP contribution in [0.1, 0.15) is 92.9 Å². The van der Waals surface area contributed by atoms with Gasteiger partial charge in [0.05, 0.1) is 58.5 Å². The number of carbonyl (C=O) groups is 2. The first-order valence-corrected chi connectivity index (χ1v) is 27.4. The molecule has 4 aliphatic heterocycles. The molecule has 0 spiro atoms. The third-order valence-electron chi connectivity index (χ3n) is 21.0. The number of hydrogen-bond donors (Lipinski definition) is 14. The molecule has 25 heteroatoms. The molecule has 8 fully saturated rings. The Balaban J connectivity index is 0.952. The molecule has 4 saturated carbocycles. The molecule has 446 valence electrons.